The average molecular weight is 439 g/mol. The number of rotatable bonds is 7. The molecule has 0 fully saturated rings. The summed E-state index contributed by atoms with van der Waals surface area (Å²) < 4.78 is 21.0. The molecule has 3 aromatic rings. The summed E-state index contributed by atoms with van der Waals surface area (Å²) in [4.78, 5) is 17.0. The molecule has 31 heavy (non-hydrogen) atoms. The first-order valence-corrected chi connectivity index (χ1v) is 10.6. The second-order valence-electron chi connectivity index (χ2n) is 6.99. The number of benzene rings is 1. The number of nitriles is 1. The van der Waals surface area contributed by atoms with Gasteiger partial charge in [-0.3, -0.25) is 10.1 Å². The molecule has 1 aromatic carbocycles. The fraction of sp³-hybridized carbons (Fsp3) is 0.261. The number of carbonyl (C=O) groups is 1. The summed E-state index contributed by atoms with van der Waals surface area (Å²) in [5.41, 5.74) is 4.01. The number of anilines is 1. The fourth-order valence-corrected chi connectivity index (χ4v) is 4.01. The zero-order chi connectivity index (χ0) is 22.5. The number of methoxy groups -OCH3 is 1. The number of hydrogen-bond donors (Lipinski definition) is 1. The molecule has 1 N–H and O–H groups in total. The highest BCUT2D eigenvalue weighted by molar-refractivity contribution is 7.14. The van der Waals surface area contributed by atoms with Crippen LogP contribution >= 0.6 is 11.3 Å². The third-order valence-corrected chi connectivity index (χ3v) is 5.65. The summed E-state index contributed by atoms with van der Waals surface area (Å²) in [7, 11) is 1.40. The van der Waals surface area contributed by atoms with E-state index in [1.165, 1.54) is 30.6 Å². The van der Waals surface area contributed by atoms with E-state index in [9.17, 15) is 14.4 Å². The minimum absolute atomic E-state index is 0.0102. The molecule has 1 amide bonds. The molecule has 2 heterocycles. The molecule has 0 spiro atoms. The highest BCUT2D eigenvalue weighted by Crippen LogP contribution is 2.28. The first-order valence-electron chi connectivity index (χ1n) is 9.77. The molecule has 0 atom stereocenters. The molecule has 0 bridgehead atoms. The molecule has 2 aromatic heterocycles. The monoisotopic (exact) mass is 438 g/mol. The van der Waals surface area contributed by atoms with Crippen molar-refractivity contribution < 1.29 is 13.9 Å². The van der Waals surface area contributed by atoms with Gasteiger partial charge in [-0.15, -0.1) is 11.3 Å². The lowest BCUT2D eigenvalue weighted by molar-refractivity contribution is -0.112. The first kappa shape index (κ1) is 22.2. The quantitative estimate of drug-likeness (QED) is 0.399. The molecule has 160 valence electrons. The van der Waals surface area contributed by atoms with Gasteiger partial charge in [0.05, 0.1) is 12.8 Å². The van der Waals surface area contributed by atoms with Crippen LogP contribution in [0.3, 0.4) is 0 Å². The Morgan fingerprint density at radius 3 is 2.81 bits per heavy atom. The van der Waals surface area contributed by atoms with Gasteiger partial charge in [-0.2, -0.15) is 5.26 Å². The lowest BCUT2D eigenvalue weighted by atomic mass is 10.1. The standard InChI is InChI=1S/C23H23FN4O2S/c1-5-8-28-14(2)9-17(15(28)3)10-18(12-25)22(29)27-23-26-20(13-31-23)16-6-7-21(30-4)19(24)11-16/h6-7,9-11,13H,5,8H2,1-4H3,(H,26,27,29)/b18-10+. The van der Waals surface area contributed by atoms with Crippen LogP contribution in [0.4, 0.5) is 9.52 Å². The summed E-state index contributed by atoms with van der Waals surface area (Å²) in [5, 5.41) is 14.2. The molecule has 3 rings (SSSR count). The SMILES string of the molecule is CCCn1c(C)cc(/C=C(\C#N)C(=O)Nc2nc(-c3ccc(OC)c(F)c3)cs2)c1C. The summed E-state index contributed by atoms with van der Waals surface area (Å²) in [6.07, 6.45) is 2.59. The van der Waals surface area contributed by atoms with Crippen LogP contribution in [0, 0.1) is 31.0 Å². The zero-order valence-corrected chi connectivity index (χ0v) is 18.6. The lowest BCUT2D eigenvalue weighted by Crippen LogP contribution is -2.13. The lowest BCUT2D eigenvalue weighted by Gasteiger charge is -2.07. The minimum Gasteiger partial charge on any atom is -0.494 e. The van der Waals surface area contributed by atoms with Crippen molar-refractivity contribution in [1.82, 2.24) is 9.55 Å². The van der Waals surface area contributed by atoms with Crippen LogP contribution in [0.1, 0.15) is 30.3 Å². The summed E-state index contributed by atoms with van der Waals surface area (Å²) >= 11 is 1.20. The average Bonchev–Trinajstić information content (AvgIpc) is 3.32. The Hall–Kier alpha value is -3.44. The van der Waals surface area contributed by atoms with Crippen LogP contribution in [0.2, 0.25) is 0 Å². The van der Waals surface area contributed by atoms with Crippen molar-refractivity contribution >= 4 is 28.5 Å². The van der Waals surface area contributed by atoms with Crippen LogP contribution in [-0.2, 0) is 11.3 Å². The van der Waals surface area contributed by atoms with Crippen LogP contribution < -0.4 is 10.1 Å². The number of carbonyl (C=O) groups excluding carboxylic acids is 1. The van der Waals surface area contributed by atoms with Crippen LogP contribution in [0.15, 0.2) is 35.2 Å². The second kappa shape index (κ2) is 9.58. The predicted octanol–water partition coefficient (Wildman–Crippen LogP) is 5.33. The van der Waals surface area contributed by atoms with Crippen molar-refractivity contribution in [1.29, 1.82) is 5.26 Å². The van der Waals surface area contributed by atoms with Crippen LogP contribution in [0.5, 0.6) is 5.75 Å². The molecule has 0 unspecified atom stereocenters. The van der Waals surface area contributed by atoms with Crippen molar-refractivity contribution in [2.75, 3.05) is 12.4 Å². The van der Waals surface area contributed by atoms with Crippen molar-refractivity contribution in [2.24, 2.45) is 0 Å². The number of aromatic nitrogens is 2. The number of aryl methyl sites for hydroxylation is 1. The van der Waals surface area contributed by atoms with Gasteiger partial charge >= 0.3 is 0 Å². The second-order valence-corrected chi connectivity index (χ2v) is 7.85. The smallest absolute Gasteiger partial charge is 0.268 e. The van der Waals surface area contributed by atoms with Crippen molar-refractivity contribution in [2.45, 2.75) is 33.7 Å². The highest BCUT2D eigenvalue weighted by atomic mass is 32.1. The number of thiazole rings is 1. The van der Waals surface area contributed by atoms with Gasteiger partial charge in [0.15, 0.2) is 16.7 Å². The molecular formula is C23H23FN4O2S. The van der Waals surface area contributed by atoms with E-state index in [0.29, 0.717) is 16.4 Å². The summed E-state index contributed by atoms with van der Waals surface area (Å²) in [6, 6.07) is 8.47. The van der Waals surface area contributed by atoms with E-state index in [1.54, 1.807) is 17.5 Å². The van der Waals surface area contributed by atoms with Gasteiger partial charge in [0.2, 0.25) is 0 Å². The molecule has 6 nitrogen and oxygen atoms in total. The van der Waals surface area contributed by atoms with E-state index >= 15 is 0 Å². The molecule has 0 radical (unpaired) electrons. The Morgan fingerprint density at radius 2 is 2.16 bits per heavy atom. The van der Waals surface area contributed by atoms with Gasteiger partial charge in [-0.1, -0.05) is 6.92 Å². The van der Waals surface area contributed by atoms with E-state index in [1.807, 2.05) is 26.0 Å². The Morgan fingerprint density at radius 1 is 1.39 bits per heavy atom. The fourth-order valence-electron chi connectivity index (χ4n) is 3.30. The van der Waals surface area contributed by atoms with Gasteiger partial charge in [0.25, 0.3) is 5.91 Å². The normalized spacial score (nSPS) is 11.3. The van der Waals surface area contributed by atoms with Gasteiger partial charge in [0, 0.05) is 28.9 Å². The van der Waals surface area contributed by atoms with E-state index in [0.717, 1.165) is 29.9 Å². The third kappa shape index (κ3) is 4.84. The highest BCUT2D eigenvalue weighted by Gasteiger charge is 2.15. The van der Waals surface area contributed by atoms with E-state index < -0.39 is 11.7 Å². The molecule has 0 aliphatic carbocycles. The predicted molar refractivity (Wildman–Crippen MR) is 120 cm³/mol. The summed E-state index contributed by atoms with van der Waals surface area (Å²) in [5.74, 6) is -0.881. The molecule has 0 aliphatic rings. The number of hydrogen-bond acceptors (Lipinski definition) is 5. The minimum atomic E-state index is -0.537. The third-order valence-electron chi connectivity index (χ3n) is 4.90. The molecular weight excluding hydrogens is 415 g/mol. The zero-order valence-electron chi connectivity index (χ0n) is 17.8. The Kier molecular flexibility index (Phi) is 6.88. The van der Waals surface area contributed by atoms with Gasteiger partial charge in [-0.05, 0) is 56.2 Å². The van der Waals surface area contributed by atoms with E-state index in [4.69, 9.17) is 4.74 Å². The Balaban J connectivity index is 1.79. The Bertz CT molecular complexity index is 1190. The van der Waals surface area contributed by atoms with Crippen LogP contribution in [-0.4, -0.2) is 22.6 Å². The van der Waals surface area contributed by atoms with Crippen molar-refractivity contribution in [3.8, 4) is 23.1 Å². The van der Waals surface area contributed by atoms with Gasteiger partial charge in [-0.25, -0.2) is 9.37 Å². The number of ether oxygens (including phenoxy) is 1. The summed E-state index contributed by atoms with van der Waals surface area (Å²) in [6.45, 7) is 6.96. The molecule has 8 heteroatoms. The van der Waals surface area contributed by atoms with E-state index in [2.05, 4.69) is 21.8 Å². The number of halogens is 1. The number of amides is 1. The topological polar surface area (TPSA) is 79.9 Å². The van der Waals surface area contributed by atoms with Crippen molar-refractivity contribution in [3.05, 3.63) is 58.0 Å². The molecule has 0 saturated carbocycles. The number of nitrogens with one attached hydrogen (secondary N) is 1. The Labute approximate surface area is 184 Å². The van der Waals surface area contributed by atoms with Crippen molar-refractivity contribution in [3.63, 3.8) is 0 Å². The van der Waals surface area contributed by atoms with Gasteiger partial charge < -0.3 is 9.30 Å². The maximum absolute atomic E-state index is 14.0. The molecule has 0 aliphatic heterocycles. The first-order chi connectivity index (χ1) is 14.9. The van der Waals surface area contributed by atoms with Gasteiger partial charge in [0.1, 0.15) is 11.6 Å². The number of nitrogens with zero attached hydrogens (tertiary/aromatic N) is 3. The maximum Gasteiger partial charge on any atom is 0.268 e. The van der Waals surface area contributed by atoms with Crippen LogP contribution in [0.25, 0.3) is 17.3 Å². The molecule has 0 saturated heterocycles. The largest absolute Gasteiger partial charge is 0.494 e. The maximum atomic E-state index is 14.0. The van der Waals surface area contributed by atoms with E-state index in [-0.39, 0.29) is 11.3 Å².